The molecule has 2 heterocycles. The fourth-order valence-corrected chi connectivity index (χ4v) is 3.51. The smallest absolute Gasteiger partial charge is 0.278 e. The number of rotatable bonds is 6. The number of benzene rings is 2. The van der Waals surface area contributed by atoms with E-state index in [1.54, 1.807) is 12.1 Å². The van der Waals surface area contributed by atoms with E-state index in [9.17, 15) is 14.0 Å². The molecular formula is C23H21ClFN5O3. The number of ether oxygens (including phenoxy) is 1. The monoisotopic (exact) mass is 469 g/mol. The predicted molar refractivity (Wildman–Crippen MR) is 122 cm³/mol. The number of hydrogen-bond donors (Lipinski definition) is 3. The van der Waals surface area contributed by atoms with Gasteiger partial charge in [-0.25, -0.2) is 9.37 Å². The zero-order chi connectivity index (χ0) is 23.6. The Morgan fingerprint density at radius 3 is 2.88 bits per heavy atom. The van der Waals surface area contributed by atoms with Gasteiger partial charge in [-0.3, -0.25) is 9.59 Å². The van der Waals surface area contributed by atoms with Crippen molar-refractivity contribution >= 4 is 40.6 Å². The fraction of sp³-hybridized carbons (Fsp3) is 0.217. The van der Waals surface area contributed by atoms with Gasteiger partial charge in [-0.15, -0.1) is 0 Å². The van der Waals surface area contributed by atoms with Crippen LogP contribution in [-0.4, -0.2) is 33.9 Å². The molecule has 1 aliphatic heterocycles. The zero-order valence-corrected chi connectivity index (χ0v) is 18.7. The minimum absolute atomic E-state index is 0.113. The molecular weight excluding hydrogens is 449 g/mol. The zero-order valence-electron chi connectivity index (χ0n) is 17.9. The Bertz CT molecular complexity index is 1240. The highest BCUT2D eigenvalue weighted by Crippen LogP contribution is 2.36. The Labute approximate surface area is 194 Å². The molecule has 3 aromatic rings. The number of halogens is 2. The van der Waals surface area contributed by atoms with Crippen molar-refractivity contribution in [3.05, 3.63) is 70.9 Å². The van der Waals surface area contributed by atoms with Crippen molar-refractivity contribution in [1.29, 1.82) is 0 Å². The van der Waals surface area contributed by atoms with Gasteiger partial charge >= 0.3 is 0 Å². The maximum atomic E-state index is 13.9. The van der Waals surface area contributed by atoms with Crippen molar-refractivity contribution in [2.45, 2.75) is 25.9 Å². The number of amides is 2. The summed E-state index contributed by atoms with van der Waals surface area (Å²) in [5.41, 5.74) is 1.24. The van der Waals surface area contributed by atoms with E-state index in [2.05, 4.69) is 25.9 Å². The molecule has 1 aliphatic rings. The van der Waals surface area contributed by atoms with Crippen LogP contribution < -0.4 is 20.7 Å². The number of carbonyl (C=O) groups is 2. The highest BCUT2D eigenvalue weighted by Gasteiger charge is 2.47. The summed E-state index contributed by atoms with van der Waals surface area (Å²) in [6.07, 6.45) is 1.57. The van der Waals surface area contributed by atoms with E-state index in [1.165, 1.54) is 13.0 Å². The average Bonchev–Trinajstić information content (AvgIpc) is 2.77. The van der Waals surface area contributed by atoms with Gasteiger partial charge in [0.2, 0.25) is 5.28 Å². The third-order valence-electron chi connectivity index (χ3n) is 5.17. The van der Waals surface area contributed by atoms with Crippen molar-refractivity contribution in [2.75, 3.05) is 17.2 Å². The first-order valence-corrected chi connectivity index (χ1v) is 10.6. The molecule has 0 saturated heterocycles. The molecule has 0 radical (unpaired) electrons. The SMILES string of the molecule is Cc1cccc(CCNC(=O)C2(C)Oc3ccc(Nc4nc(Cl)ncc4F)cc3NC2=O)c1. The molecule has 0 spiro atoms. The van der Waals surface area contributed by atoms with Gasteiger partial charge in [-0.05, 0) is 55.6 Å². The van der Waals surface area contributed by atoms with E-state index in [0.717, 1.165) is 17.3 Å². The van der Waals surface area contributed by atoms with Crippen LogP contribution >= 0.6 is 11.6 Å². The van der Waals surface area contributed by atoms with Crippen LogP contribution in [0.5, 0.6) is 5.75 Å². The molecule has 0 aliphatic carbocycles. The summed E-state index contributed by atoms with van der Waals surface area (Å²) in [5.74, 6) is -1.66. The number of hydrogen-bond acceptors (Lipinski definition) is 6. The van der Waals surface area contributed by atoms with E-state index >= 15 is 0 Å². The number of carbonyl (C=O) groups excluding carboxylic acids is 2. The van der Waals surface area contributed by atoms with Gasteiger partial charge in [0, 0.05) is 12.2 Å². The van der Waals surface area contributed by atoms with E-state index in [4.69, 9.17) is 16.3 Å². The van der Waals surface area contributed by atoms with Gasteiger partial charge < -0.3 is 20.7 Å². The lowest BCUT2D eigenvalue weighted by Gasteiger charge is -2.33. The Kier molecular flexibility index (Phi) is 6.15. The van der Waals surface area contributed by atoms with Crippen molar-refractivity contribution in [2.24, 2.45) is 0 Å². The first-order chi connectivity index (χ1) is 15.7. The Hall–Kier alpha value is -3.72. The second-order valence-corrected chi connectivity index (χ2v) is 8.09. The van der Waals surface area contributed by atoms with E-state index in [0.29, 0.717) is 30.1 Å². The maximum absolute atomic E-state index is 13.9. The molecule has 4 rings (SSSR count). The summed E-state index contributed by atoms with van der Waals surface area (Å²) in [6, 6.07) is 12.7. The van der Waals surface area contributed by atoms with Crippen molar-refractivity contribution in [1.82, 2.24) is 15.3 Å². The molecule has 0 fully saturated rings. The molecule has 0 bridgehead atoms. The highest BCUT2D eigenvalue weighted by atomic mass is 35.5. The summed E-state index contributed by atoms with van der Waals surface area (Å²) in [6.45, 7) is 3.77. The molecule has 0 saturated carbocycles. The van der Waals surface area contributed by atoms with Gasteiger partial charge in [0.25, 0.3) is 17.4 Å². The maximum Gasteiger partial charge on any atom is 0.278 e. The fourth-order valence-electron chi connectivity index (χ4n) is 3.38. The van der Waals surface area contributed by atoms with Crippen LogP contribution in [0.1, 0.15) is 18.1 Å². The van der Waals surface area contributed by atoms with E-state index < -0.39 is 23.2 Å². The largest absolute Gasteiger partial charge is 0.466 e. The third kappa shape index (κ3) is 4.88. The molecule has 3 N–H and O–H groups in total. The van der Waals surface area contributed by atoms with Crippen LogP contribution in [0.2, 0.25) is 5.28 Å². The average molecular weight is 470 g/mol. The second kappa shape index (κ2) is 9.03. The molecule has 2 aromatic carbocycles. The van der Waals surface area contributed by atoms with Gasteiger partial charge in [0.1, 0.15) is 5.75 Å². The number of anilines is 3. The number of aromatic nitrogens is 2. The van der Waals surface area contributed by atoms with Crippen LogP contribution in [0.25, 0.3) is 0 Å². The molecule has 1 unspecified atom stereocenters. The van der Waals surface area contributed by atoms with E-state index in [-0.39, 0.29) is 11.1 Å². The predicted octanol–water partition coefficient (Wildman–Crippen LogP) is 3.77. The molecule has 2 amide bonds. The lowest BCUT2D eigenvalue weighted by molar-refractivity contribution is -0.146. The lowest BCUT2D eigenvalue weighted by Crippen LogP contribution is -2.58. The van der Waals surface area contributed by atoms with Crippen molar-refractivity contribution in [3.8, 4) is 5.75 Å². The van der Waals surface area contributed by atoms with Crippen LogP contribution in [0.3, 0.4) is 0 Å². The summed E-state index contributed by atoms with van der Waals surface area (Å²) in [5, 5.41) is 8.11. The minimum atomic E-state index is -1.74. The molecule has 33 heavy (non-hydrogen) atoms. The third-order valence-corrected chi connectivity index (χ3v) is 5.35. The number of fused-ring (bicyclic) bond motifs is 1. The quantitative estimate of drug-likeness (QED) is 0.375. The normalized spacial score (nSPS) is 16.9. The first-order valence-electron chi connectivity index (χ1n) is 10.2. The lowest BCUT2D eigenvalue weighted by atomic mass is 10.0. The topological polar surface area (TPSA) is 105 Å². The van der Waals surface area contributed by atoms with Gasteiger partial charge in [-0.1, -0.05) is 29.8 Å². The highest BCUT2D eigenvalue weighted by molar-refractivity contribution is 6.28. The molecule has 10 heteroatoms. The molecule has 8 nitrogen and oxygen atoms in total. The summed E-state index contributed by atoms with van der Waals surface area (Å²) >= 11 is 5.71. The molecule has 170 valence electrons. The second-order valence-electron chi connectivity index (χ2n) is 7.76. The van der Waals surface area contributed by atoms with Crippen LogP contribution in [-0.2, 0) is 16.0 Å². The van der Waals surface area contributed by atoms with Crippen LogP contribution in [0.4, 0.5) is 21.6 Å². The molecule has 1 atom stereocenters. The van der Waals surface area contributed by atoms with Crippen molar-refractivity contribution in [3.63, 3.8) is 0 Å². The summed E-state index contributed by atoms with van der Waals surface area (Å²) in [7, 11) is 0. The molecule has 1 aromatic heterocycles. The number of nitrogens with one attached hydrogen (secondary N) is 3. The van der Waals surface area contributed by atoms with E-state index in [1.807, 2.05) is 31.2 Å². The van der Waals surface area contributed by atoms with Gasteiger partial charge in [-0.2, -0.15) is 4.98 Å². The van der Waals surface area contributed by atoms with Crippen molar-refractivity contribution < 1.29 is 18.7 Å². The Morgan fingerprint density at radius 2 is 2.09 bits per heavy atom. The number of nitrogens with zero attached hydrogens (tertiary/aromatic N) is 2. The van der Waals surface area contributed by atoms with Crippen LogP contribution in [0, 0.1) is 12.7 Å². The van der Waals surface area contributed by atoms with Gasteiger partial charge in [0.05, 0.1) is 11.9 Å². The van der Waals surface area contributed by atoms with Crippen LogP contribution in [0.15, 0.2) is 48.7 Å². The van der Waals surface area contributed by atoms with Gasteiger partial charge in [0.15, 0.2) is 11.6 Å². The standard InChI is InChI=1S/C23H21ClFN5O3/c1-13-4-3-5-14(10-13)8-9-26-20(31)23(2)21(32)29-17-11-15(6-7-18(17)33-23)28-19-16(25)12-27-22(24)30-19/h3-7,10-12H,8-9H2,1-2H3,(H,26,31)(H,29,32)(H,27,28,30). The summed E-state index contributed by atoms with van der Waals surface area (Å²) in [4.78, 5) is 32.9. The number of aryl methyl sites for hydroxylation is 1. The Morgan fingerprint density at radius 1 is 1.27 bits per heavy atom. The summed E-state index contributed by atoms with van der Waals surface area (Å²) < 4.78 is 19.7. The Balaban J connectivity index is 1.44. The minimum Gasteiger partial charge on any atom is -0.466 e. The first kappa shape index (κ1) is 22.5.